The van der Waals surface area contributed by atoms with E-state index in [0.717, 1.165) is 31.0 Å². The topological polar surface area (TPSA) is 29.9 Å². The Morgan fingerprint density at radius 3 is 2.86 bits per heavy atom. The molecular weight excluding hydrogens is 340 g/mol. The second kappa shape index (κ2) is 5.85. The first-order chi connectivity index (χ1) is 10.1. The summed E-state index contributed by atoms with van der Waals surface area (Å²) in [6.07, 6.45) is 6.46. The maximum atomic E-state index is 14.2. The van der Waals surface area contributed by atoms with Crippen LogP contribution in [0.2, 0.25) is 0 Å². The molecule has 6 heteroatoms. The fourth-order valence-electron chi connectivity index (χ4n) is 2.83. The van der Waals surface area contributed by atoms with E-state index in [2.05, 4.69) is 33.2 Å². The van der Waals surface area contributed by atoms with Crippen molar-refractivity contribution in [2.45, 2.75) is 38.3 Å². The maximum absolute atomic E-state index is 14.2. The molecule has 1 aliphatic heterocycles. The number of hydrogen-bond acceptors (Lipinski definition) is 2. The van der Waals surface area contributed by atoms with Gasteiger partial charge in [0.2, 0.25) is 0 Å². The van der Waals surface area contributed by atoms with Gasteiger partial charge in [0.15, 0.2) is 0 Å². The lowest BCUT2D eigenvalue weighted by atomic mass is 9.97. The number of nitrogens with one attached hydrogen (secondary N) is 1. The number of nitrogens with zero attached hydrogens (tertiary/aromatic N) is 2. The van der Waals surface area contributed by atoms with Gasteiger partial charge in [-0.2, -0.15) is 0 Å². The smallest absolute Gasteiger partial charge is 0.148 e. The number of rotatable bonds is 2. The molecule has 21 heavy (non-hydrogen) atoms. The third-order valence-corrected chi connectivity index (χ3v) is 4.50. The second-order valence-corrected chi connectivity index (χ2v) is 6.31. The molecule has 1 fully saturated rings. The fourth-order valence-corrected chi connectivity index (χ4v) is 3.15. The van der Waals surface area contributed by atoms with Crippen LogP contribution < -0.4 is 5.32 Å². The van der Waals surface area contributed by atoms with Crippen LogP contribution in [-0.2, 0) is 0 Å². The van der Waals surface area contributed by atoms with Crippen molar-refractivity contribution in [3.05, 3.63) is 46.5 Å². The van der Waals surface area contributed by atoms with Gasteiger partial charge in [-0.1, -0.05) is 0 Å². The Morgan fingerprint density at radius 1 is 1.29 bits per heavy atom. The minimum Gasteiger partial charge on any atom is -0.306 e. The van der Waals surface area contributed by atoms with Crippen LogP contribution in [-0.4, -0.2) is 15.6 Å². The van der Waals surface area contributed by atoms with Crippen LogP contribution in [0.25, 0.3) is 5.69 Å². The van der Waals surface area contributed by atoms with Crippen LogP contribution in [0, 0.1) is 11.6 Å². The predicted octanol–water partition coefficient (Wildman–Crippen LogP) is 4.12. The highest BCUT2D eigenvalue weighted by atomic mass is 79.9. The van der Waals surface area contributed by atoms with Crippen molar-refractivity contribution in [1.82, 2.24) is 14.9 Å². The lowest BCUT2D eigenvalue weighted by molar-refractivity contribution is 0.334. The Hall–Kier alpha value is -1.27. The number of benzene rings is 1. The molecule has 112 valence electrons. The number of aromatic nitrogens is 2. The molecule has 3 rings (SSSR count). The summed E-state index contributed by atoms with van der Waals surface area (Å²) >= 11 is 2.99. The van der Waals surface area contributed by atoms with E-state index >= 15 is 0 Å². The molecule has 0 amide bonds. The lowest BCUT2D eigenvalue weighted by Crippen LogP contribution is -2.35. The van der Waals surface area contributed by atoms with Crippen molar-refractivity contribution in [2.75, 3.05) is 0 Å². The third-order valence-electron chi connectivity index (χ3n) is 3.89. The van der Waals surface area contributed by atoms with Gasteiger partial charge in [0.1, 0.15) is 11.6 Å². The van der Waals surface area contributed by atoms with E-state index in [4.69, 9.17) is 0 Å². The Bertz CT molecular complexity index is 656. The molecule has 1 aliphatic rings. The standard InChI is InChI=1S/C15H16BrF2N3/c1-9-3-2-4-13(20-9)15-7-19-8-21(15)14-6-11(17)10(16)5-12(14)18/h5-9,13,20H,2-4H2,1H3. The van der Waals surface area contributed by atoms with Crippen LogP contribution in [0.4, 0.5) is 8.78 Å². The molecule has 0 saturated carbocycles. The summed E-state index contributed by atoms with van der Waals surface area (Å²) in [5.41, 5.74) is 1.05. The van der Waals surface area contributed by atoms with Gasteiger partial charge in [0.25, 0.3) is 0 Å². The van der Waals surface area contributed by atoms with Crippen molar-refractivity contribution in [3.63, 3.8) is 0 Å². The molecule has 0 aliphatic carbocycles. The van der Waals surface area contributed by atoms with Gasteiger partial charge < -0.3 is 5.32 Å². The maximum Gasteiger partial charge on any atom is 0.148 e. The van der Waals surface area contributed by atoms with E-state index in [9.17, 15) is 8.78 Å². The van der Waals surface area contributed by atoms with E-state index < -0.39 is 11.6 Å². The Labute approximate surface area is 130 Å². The van der Waals surface area contributed by atoms with Crippen LogP contribution >= 0.6 is 15.9 Å². The summed E-state index contributed by atoms with van der Waals surface area (Å²) in [5.74, 6) is -0.970. The first-order valence-electron chi connectivity index (χ1n) is 6.99. The summed E-state index contributed by atoms with van der Waals surface area (Å²) < 4.78 is 29.6. The highest BCUT2D eigenvalue weighted by Crippen LogP contribution is 2.29. The van der Waals surface area contributed by atoms with Gasteiger partial charge in [0, 0.05) is 18.2 Å². The number of hydrogen-bond donors (Lipinski definition) is 1. The largest absolute Gasteiger partial charge is 0.306 e. The van der Waals surface area contributed by atoms with Crippen LogP contribution in [0.15, 0.2) is 29.1 Å². The summed E-state index contributed by atoms with van der Waals surface area (Å²) in [4.78, 5) is 4.11. The second-order valence-electron chi connectivity index (χ2n) is 5.46. The molecule has 1 N–H and O–H groups in total. The fraction of sp³-hybridized carbons (Fsp3) is 0.400. The highest BCUT2D eigenvalue weighted by Gasteiger charge is 2.23. The van der Waals surface area contributed by atoms with Crippen molar-refractivity contribution >= 4 is 15.9 Å². The predicted molar refractivity (Wildman–Crippen MR) is 80.4 cm³/mol. The molecule has 2 aromatic rings. The average Bonchev–Trinajstić information content (AvgIpc) is 2.92. The molecule has 0 radical (unpaired) electrons. The molecular formula is C15H16BrF2N3. The quantitative estimate of drug-likeness (QED) is 0.821. The minimum atomic E-state index is -0.490. The molecule has 2 heterocycles. The van der Waals surface area contributed by atoms with E-state index in [1.165, 1.54) is 12.4 Å². The number of piperidine rings is 1. The van der Waals surface area contributed by atoms with Crippen LogP contribution in [0.3, 0.4) is 0 Å². The number of halogens is 3. The van der Waals surface area contributed by atoms with Gasteiger partial charge in [0.05, 0.1) is 28.4 Å². The van der Waals surface area contributed by atoms with E-state index in [0.29, 0.717) is 6.04 Å². The Balaban J connectivity index is 2.01. The average molecular weight is 356 g/mol. The minimum absolute atomic E-state index is 0.113. The first kappa shape index (κ1) is 14.7. The summed E-state index contributed by atoms with van der Waals surface area (Å²) in [6.45, 7) is 2.13. The van der Waals surface area contributed by atoms with Crippen LogP contribution in [0.1, 0.15) is 37.9 Å². The molecule has 2 atom stereocenters. The zero-order valence-corrected chi connectivity index (χ0v) is 13.2. The zero-order valence-electron chi connectivity index (χ0n) is 11.6. The zero-order chi connectivity index (χ0) is 15.0. The molecule has 0 bridgehead atoms. The Kier molecular flexibility index (Phi) is 4.08. The van der Waals surface area contributed by atoms with E-state index in [1.807, 2.05) is 0 Å². The van der Waals surface area contributed by atoms with Crippen LogP contribution in [0.5, 0.6) is 0 Å². The normalized spacial score (nSPS) is 22.5. The summed E-state index contributed by atoms with van der Waals surface area (Å²) in [5, 5.41) is 3.49. The van der Waals surface area contributed by atoms with Gasteiger partial charge in [-0.25, -0.2) is 13.8 Å². The van der Waals surface area contributed by atoms with E-state index in [1.54, 1.807) is 10.8 Å². The van der Waals surface area contributed by atoms with Gasteiger partial charge >= 0.3 is 0 Å². The monoisotopic (exact) mass is 355 g/mol. The van der Waals surface area contributed by atoms with Crippen molar-refractivity contribution in [2.24, 2.45) is 0 Å². The summed E-state index contributed by atoms with van der Waals surface area (Å²) in [7, 11) is 0. The van der Waals surface area contributed by atoms with Crippen molar-refractivity contribution < 1.29 is 8.78 Å². The molecule has 2 unspecified atom stereocenters. The third kappa shape index (κ3) is 2.87. The Morgan fingerprint density at radius 2 is 2.10 bits per heavy atom. The van der Waals surface area contributed by atoms with Crippen molar-refractivity contribution in [1.29, 1.82) is 0 Å². The van der Waals surface area contributed by atoms with Gasteiger partial charge in [-0.05, 0) is 48.2 Å². The van der Waals surface area contributed by atoms with Gasteiger partial charge in [-0.15, -0.1) is 0 Å². The lowest BCUT2D eigenvalue weighted by Gasteiger charge is -2.29. The highest BCUT2D eigenvalue weighted by molar-refractivity contribution is 9.10. The SMILES string of the molecule is CC1CCCC(c2cncn2-c2cc(F)c(Br)cc2F)N1. The molecule has 0 spiro atoms. The molecule has 1 saturated heterocycles. The van der Waals surface area contributed by atoms with E-state index in [-0.39, 0.29) is 16.2 Å². The molecule has 3 nitrogen and oxygen atoms in total. The van der Waals surface area contributed by atoms with Gasteiger partial charge in [-0.3, -0.25) is 4.57 Å². The first-order valence-corrected chi connectivity index (χ1v) is 7.79. The summed E-state index contributed by atoms with van der Waals surface area (Å²) in [6, 6.07) is 2.86. The molecule has 1 aromatic carbocycles. The van der Waals surface area contributed by atoms with Crippen molar-refractivity contribution in [3.8, 4) is 5.69 Å². The molecule has 1 aromatic heterocycles. The number of imidazole rings is 1.